The molecule has 3 aromatic rings. The average Bonchev–Trinajstić information content (AvgIpc) is 3.36. The van der Waals surface area contributed by atoms with Crippen molar-refractivity contribution in [3.8, 4) is 11.4 Å². The van der Waals surface area contributed by atoms with E-state index >= 15 is 0 Å². The van der Waals surface area contributed by atoms with Crippen LogP contribution in [0.15, 0.2) is 42.5 Å². The van der Waals surface area contributed by atoms with Crippen LogP contribution in [-0.2, 0) is 11.3 Å². The lowest BCUT2D eigenvalue weighted by Crippen LogP contribution is -2.47. The largest absolute Gasteiger partial charge is 0.497 e. The predicted octanol–water partition coefficient (Wildman–Crippen LogP) is 5.54. The molecular weight excluding hydrogens is 557 g/mol. The van der Waals surface area contributed by atoms with Crippen molar-refractivity contribution in [1.29, 1.82) is 0 Å². The third-order valence-electron chi connectivity index (χ3n) is 7.01. The summed E-state index contributed by atoms with van der Waals surface area (Å²) in [6.07, 6.45) is 4.11. The number of carbonyl (C=O) groups excluding carboxylic acids is 2. The summed E-state index contributed by atoms with van der Waals surface area (Å²) in [5, 5.41) is 18.6. The molecule has 2 aliphatic rings. The molecule has 0 saturated carbocycles. The standard InChI is InChI=1S/C28H29Cl2N5O5/c1-39-21-9-6-18(7-10-21)14-19-16-32(28(37)40-2)17-22-25(27(36)35(38)33-12-4-3-5-13-33)31-34(26(19)22)24-11-8-20(29)15-23(24)30/h6-11,14-15,38H,3-5,12-13,16-17H2,1-2H3. The molecule has 3 heterocycles. The van der Waals surface area contributed by atoms with Gasteiger partial charge in [0.15, 0.2) is 5.69 Å². The van der Waals surface area contributed by atoms with Crippen LogP contribution in [0.4, 0.5) is 4.79 Å². The fourth-order valence-electron chi connectivity index (χ4n) is 5.02. The Labute approximate surface area is 241 Å². The van der Waals surface area contributed by atoms with E-state index in [-0.39, 0.29) is 18.8 Å². The first-order valence-electron chi connectivity index (χ1n) is 12.8. The van der Waals surface area contributed by atoms with E-state index in [1.54, 1.807) is 35.0 Å². The van der Waals surface area contributed by atoms with Crippen LogP contribution in [0, 0.1) is 0 Å². The van der Waals surface area contributed by atoms with Crippen molar-refractivity contribution in [3.63, 3.8) is 0 Å². The van der Waals surface area contributed by atoms with Crippen molar-refractivity contribution in [2.45, 2.75) is 25.8 Å². The Kier molecular flexibility index (Phi) is 8.32. The average molecular weight is 586 g/mol. The lowest BCUT2D eigenvalue weighted by Gasteiger charge is -2.32. The van der Waals surface area contributed by atoms with Gasteiger partial charge in [0.05, 0.1) is 43.7 Å². The van der Waals surface area contributed by atoms with E-state index in [0.717, 1.165) is 24.8 Å². The monoisotopic (exact) mass is 585 g/mol. The molecule has 1 aromatic heterocycles. The molecule has 5 rings (SSSR count). The van der Waals surface area contributed by atoms with E-state index in [4.69, 9.17) is 32.7 Å². The van der Waals surface area contributed by atoms with Crippen molar-refractivity contribution in [2.24, 2.45) is 0 Å². The Morgan fingerprint density at radius 1 is 1.02 bits per heavy atom. The van der Waals surface area contributed by atoms with E-state index in [0.29, 0.717) is 56.6 Å². The number of amides is 2. The molecule has 1 saturated heterocycles. The first kappa shape index (κ1) is 28.0. The Balaban J connectivity index is 1.69. The van der Waals surface area contributed by atoms with Gasteiger partial charge in [0.2, 0.25) is 0 Å². The fourth-order valence-corrected chi connectivity index (χ4v) is 5.51. The summed E-state index contributed by atoms with van der Waals surface area (Å²) < 4.78 is 11.9. The number of ether oxygens (including phenoxy) is 2. The summed E-state index contributed by atoms with van der Waals surface area (Å²) in [6, 6.07) is 12.4. The summed E-state index contributed by atoms with van der Waals surface area (Å²) in [5.41, 5.74) is 3.09. The van der Waals surface area contributed by atoms with Crippen LogP contribution in [0.25, 0.3) is 17.3 Å². The van der Waals surface area contributed by atoms with E-state index in [2.05, 4.69) is 5.10 Å². The summed E-state index contributed by atoms with van der Waals surface area (Å²) in [6.45, 7) is 1.32. The molecule has 0 atom stereocenters. The summed E-state index contributed by atoms with van der Waals surface area (Å²) in [4.78, 5) is 27.9. The fraction of sp³-hybridized carbons (Fsp3) is 0.321. The van der Waals surface area contributed by atoms with E-state index in [1.807, 2.05) is 30.3 Å². The highest BCUT2D eigenvalue weighted by Crippen LogP contribution is 2.36. The zero-order chi connectivity index (χ0) is 28.4. The maximum Gasteiger partial charge on any atom is 0.410 e. The van der Waals surface area contributed by atoms with Crippen LogP contribution >= 0.6 is 23.2 Å². The predicted molar refractivity (Wildman–Crippen MR) is 151 cm³/mol. The van der Waals surface area contributed by atoms with Crippen molar-refractivity contribution in [3.05, 3.63) is 75.0 Å². The number of hydrogen-bond acceptors (Lipinski definition) is 7. The van der Waals surface area contributed by atoms with Crippen molar-refractivity contribution in [1.82, 2.24) is 24.9 Å². The van der Waals surface area contributed by atoms with E-state index < -0.39 is 12.0 Å². The lowest BCUT2D eigenvalue weighted by molar-refractivity contribution is -0.208. The molecule has 0 spiro atoms. The molecule has 2 aromatic carbocycles. The topological polar surface area (TPSA) is 100 Å². The van der Waals surface area contributed by atoms with Gasteiger partial charge in [0.1, 0.15) is 5.75 Å². The number of fused-ring (bicyclic) bond motifs is 1. The zero-order valence-corrected chi connectivity index (χ0v) is 23.7. The lowest BCUT2D eigenvalue weighted by atomic mass is 9.97. The van der Waals surface area contributed by atoms with Gasteiger partial charge in [0.25, 0.3) is 0 Å². The normalized spacial score (nSPS) is 16.5. The van der Waals surface area contributed by atoms with E-state index in [1.165, 1.54) is 12.0 Å². The first-order chi connectivity index (χ1) is 19.3. The molecule has 0 bridgehead atoms. The van der Waals surface area contributed by atoms with Crippen LogP contribution in [0.5, 0.6) is 5.75 Å². The quantitative estimate of drug-likeness (QED) is 0.310. The number of benzene rings is 2. The molecule has 0 aliphatic carbocycles. The smallest absolute Gasteiger partial charge is 0.410 e. The van der Waals surface area contributed by atoms with Crippen molar-refractivity contribution < 1.29 is 24.3 Å². The number of rotatable bonds is 5. The van der Waals surface area contributed by atoms with Gasteiger partial charge in [0, 0.05) is 23.7 Å². The highest BCUT2D eigenvalue weighted by atomic mass is 35.5. The number of halogens is 2. The van der Waals surface area contributed by atoms with Gasteiger partial charge in [-0.15, -0.1) is 5.17 Å². The second-order valence-electron chi connectivity index (χ2n) is 9.56. The molecule has 1 N–H and O–H groups in total. The van der Waals surface area contributed by atoms with E-state index in [9.17, 15) is 14.8 Å². The molecule has 40 heavy (non-hydrogen) atoms. The van der Waals surface area contributed by atoms with Crippen LogP contribution in [0.3, 0.4) is 0 Å². The second-order valence-corrected chi connectivity index (χ2v) is 10.4. The molecule has 2 amide bonds. The molecule has 0 unspecified atom stereocenters. The molecule has 210 valence electrons. The highest BCUT2D eigenvalue weighted by Gasteiger charge is 2.36. The Morgan fingerprint density at radius 3 is 2.40 bits per heavy atom. The van der Waals surface area contributed by atoms with Gasteiger partial charge in [-0.05, 0) is 60.4 Å². The third kappa shape index (κ3) is 5.53. The summed E-state index contributed by atoms with van der Waals surface area (Å²) >= 11 is 12.8. The number of aromatic nitrogens is 2. The van der Waals surface area contributed by atoms with Gasteiger partial charge in [-0.25, -0.2) is 9.48 Å². The minimum absolute atomic E-state index is 0.00308. The van der Waals surface area contributed by atoms with Gasteiger partial charge in [-0.2, -0.15) is 10.1 Å². The molecular formula is C28H29Cl2N5O5. The minimum atomic E-state index is -0.697. The first-order valence-corrected chi connectivity index (χ1v) is 13.6. The maximum absolute atomic E-state index is 13.7. The van der Waals surface area contributed by atoms with Gasteiger partial charge in [-0.1, -0.05) is 41.8 Å². The number of methoxy groups -OCH3 is 2. The van der Waals surface area contributed by atoms with Crippen LogP contribution in [0.2, 0.25) is 10.0 Å². The molecule has 0 radical (unpaired) electrons. The van der Waals surface area contributed by atoms with Gasteiger partial charge in [-0.3, -0.25) is 14.9 Å². The summed E-state index contributed by atoms with van der Waals surface area (Å²) in [5.74, 6) is 0.00629. The number of nitrogens with zero attached hydrogens (tertiary/aromatic N) is 5. The minimum Gasteiger partial charge on any atom is -0.497 e. The third-order valence-corrected chi connectivity index (χ3v) is 7.55. The second kappa shape index (κ2) is 11.9. The molecule has 12 heteroatoms. The highest BCUT2D eigenvalue weighted by molar-refractivity contribution is 6.35. The zero-order valence-electron chi connectivity index (χ0n) is 22.1. The van der Waals surface area contributed by atoms with Crippen molar-refractivity contribution in [2.75, 3.05) is 33.9 Å². The summed E-state index contributed by atoms with van der Waals surface area (Å²) in [7, 11) is 2.90. The maximum atomic E-state index is 13.7. The van der Waals surface area contributed by atoms with Crippen molar-refractivity contribution >= 4 is 46.9 Å². The van der Waals surface area contributed by atoms with Gasteiger partial charge < -0.3 is 9.47 Å². The Bertz CT molecular complexity index is 1450. The molecule has 2 aliphatic heterocycles. The molecule has 10 nitrogen and oxygen atoms in total. The van der Waals surface area contributed by atoms with Gasteiger partial charge >= 0.3 is 12.0 Å². The number of hydrogen-bond donors (Lipinski definition) is 1. The van der Waals surface area contributed by atoms with Crippen LogP contribution in [0.1, 0.15) is 46.6 Å². The van der Waals surface area contributed by atoms with Crippen LogP contribution in [-0.4, -0.2) is 75.9 Å². The van der Waals surface area contributed by atoms with Crippen LogP contribution < -0.4 is 4.74 Å². The molecule has 1 fully saturated rings. The number of piperidine rings is 1. The number of hydrazine groups is 1. The number of carbonyl (C=O) groups is 2. The Hall–Kier alpha value is -3.57. The number of hydroxylamine groups is 1. The Morgan fingerprint density at radius 2 is 1.75 bits per heavy atom. The SMILES string of the molecule is COC(=O)N1CC(=Cc2ccc(OC)cc2)c2c(c(C(=O)N(O)N3CCCCC3)nn2-c2ccc(Cl)cc2Cl)C1.